The van der Waals surface area contributed by atoms with Crippen LogP contribution in [0.1, 0.15) is 29.8 Å². The number of aromatic nitrogens is 2. The molecule has 0 bridgehead atoms. The lowest BCUT2D eigenvalue weighted by atomic mass is 10.0. The van der Waals surface area contributed by atoms with Gasteiger partial charge in [-0.15, -0.1) is 0 Å². The first-order chi connectivity index (χ1) is 9.10. The fourth-order valence-electron chi connectivity index (χ4n) is 2.24. The van der Waals surface area contributed by atoms with Crippen molar-refractivity contribution in [3.63, 3.8) is 0 Å². The van der Waals surface area contributed by atoms with Gasteiger partial charge in [0.2, 0.25) is 0 Å². The van der Waals surface area contributed by atoms with E-state index in [4.69, 9.17) is 0 Å². The molecular weight excluding hydrogens is 370 g/mol. The predicted octanol–water partition coefficient (Wildman–Crippen LogP) is 4.05. The first-order valence-electron chi connectivity index (χ1n) is 6.23. The third-order valence-corrected chi connectivity index (χ3v) is 4.92. The maximum atomic E-state index is 4.40. The molecule has 5 heteroatoms. The highest BCUT2D eigenvalue weighted by molar-refractivity contribution is 9.10. The van der Waals surface area contributed by atoms with Gasteiger partial charge >= 0.3 is 0 Å². The van der Waals surface area contributed by atoms with E-state index >= 15 is 0 Å². The highest BCUT2D eigenvalue weighted by Gasteiger charge is 2.22. The summed E-state index contributed by atoms with van der Waals surface area (Å²) in [6, 6.07) is 6.43. The zero-order valence-corrected chi connectivity index (χ0v) is 14.4. The predicted molar refractivity (Wildman–Crippen MR) is 85.4 cm³/mol. The summed E-state index contributed by atoms with van der Waals surface area (Å²) in [7, 11) is 1.97. The third-order valence-electron chi connectivity index (χ3n) is 3.23. The zero-order chi connectivity index (χ0) is 14.0. The summed E-state index contributed by atoms with van der Waals surface area (Å²) in [6.45, 7) is 5.05. The lowest BCUT2D eigenvalue weighted by molar-refractivity contribution is 0.560. The van der Waals surface area contributed by atoms with E-state index in [9.17, 15) is 0 Å². The highest BCUT2D eigenvalue weighted by Crippen LogP contribution is 2.33. The molecule has 0 aliphatic carbocycles. The first-order valence-corrected chi connectivity index (χ1v) is 7.82. The summed E-state index contributed by atoms with van der Waals surface area (Å²) in [5.41, 5.74) is 3.60. The molecule has 0 saturated heterocycles. The van der Waals surface area contributed by atoms with E-state index in [-0.39, 0.29) is 6.04 Å². The highest BCUT2D eigenvalue weighted by atomic mass is 79.9. The monoisotopic (exact) mass is 385 g/mol. The van der Waals surface area contributed by atoms with Crippen LogP contribution >= 0.6 is 31.9 Å². The van der Waals surface area contributed by atoms with Crippen molar-refractivity contribution in [1.82, 2.24) is 15.1 Å². The standard InChI is InChI=1S/C14H17Br2N3/c1-4-19-14(11(15)8-18-19)13(17-3)10-7-5-6-9(2)12(10)16/h5-8,13,17H,4H2,1-3H3. The summed E-state index contributed by atoms with van der Waals surface area (Å²) in [6.07, 6.45) is 1.85. The summed E-state index contributed by atoms with van der Waals surface area (Å²) in [4.78, 5) is 0. The average molecular weight is 387 g/mol. The summed E-state index contributed by atoms with van der Waals surface area (Å²) in [5, 5.41) is 7.78. The van der Waals surface area contributed by atoms with E-state index in [0.29, 0.717) is 0 Å². The molecule has 1 N–H and O–H groups in total. The van der Waals surface area contributed by atoms with Crippen molar-refractivity contribution in [2.24, 2.45) is 0 Å². The van der Waals surface area contributed by atoms with E-state index < -0.39 is 0 Å². The summed E-state index contributed by atoms with van der Waals surface area (Å²) < 4.78 is 4.19. The second kappa shape index (κ2) is 6.20. The number of benzene rings is 1. The second-order valence-corrected chi connectivity index (χ2v) is 6.04. The number of halogens is 2. The maximum Gasteiger partial charge on any atom is 0.0768 e. The van der Waals surface area contributed by atoms with Crippen LogP contribution in [0.5, 0.6) is 0 Å². The van der Waals surface area contributed by atoms with Gasteiger partial charge in [0.1, 0.15) is 0 Å². The van der Waals surface area contributed by atoms with E-state index in [2.05, 4.69) is 74.3 Å². The molecule has 1 unspecified atom stereocenters. The Labute approximate surface area is 130 Å². The average Bonchev–Trinajstić information content (AvgIpc) is 2.77. The van der Waals surface area contributed by atoms with Gasteiger partial charge in [-0.2, -0.15) is 5.10 Å². The molecule has 1 aromatic carbocycles. The van der Waals surface area contributed by atoms with Crippen molar-refractivity contribution < 1.29 is 0 Å². The van der Waals surface area contributed by atoms with E-state index in [1.807, 2.05) is 17.9 Å². The Morgan fingerprint density at radius 2 is 2.11 bits per heavy atom. The number of nitrogens with zero attached hydrogens (tertiary/aromatic N) is 2. The van der Waals surface area contributed by atoms with Gasteiger partial charge in [-0.25, -0.2) is 0 Å². The number of aryl methyl sites for hydroxylation is 2. The largest absolute Gasteiger partial charge is 0.308 e. The molecule has 102 valence electrons. The van der Waals surface area contributed by atoms with Crippen LogP contribution in [-0.4, -0.2) is 16.8 Å². The molecule has 1 aromatic heterocycles. The van der Waals surface area contributed by atoms with Gasteiger partial charge in [0.15, 0.2) is 0 Å². The molecule has 2 aromatic rings. The van der Waals surface area contributed by atoms with Crippen LogP contribution in [0, 0.1) is 6.92 Å². The fourth-order valence-corrected chi connectivity index (χ4v) is 3.26. The van der Waals surface area contributed by atoms with Crippen LogP contribution in [0.15, 0.2) is 33.3 Å². The van der Waals surface area contributed by atoms with Gasteiger partial charge in [0.25, 0.3) is 0 Å². The van der Waals surface area contributed by atoms with Crippen LogP contribution in [0.3, 0.4) is 0 Å². The van der Waals surface area contributed by atoms with Crippen molar-refractivity contribution >= 4 is 31.9 Å². The van der Waals surface area contributed by atoms with Crippen molar-refractivity contribution in [2.75, 3.05) is 7.05 Å². The van der Waals surface area contributed by atoms with Crippen LogP contribution in [0.4, 0.5) is 0 Å². The van der Waals surface area contributed by atoms with E-state index in [0.717, 1.165) is 21.2 Å². The quantitative estimate of drug-likeness (QED) is 0.858. The number of rotatable bonds is 4. The normalized spacial score (nSPS) is 12.7. The fraction of sp³-hybridized carbons (Fsp3) is 0.357. The first kappa shape index (κ1) is 14.8. The molecule has 0 aliphatic rings. The Hall–Kier alpha value is -0.650. The minimum Gasteiger partial charge on any atom is -0.308 e. The van der Waals surface area contributed by atoms with E-state index in [1.54, 1.807) is 0 Å². The number of hydrogen-bond acceptors (Lipinski definition) is 2. The molecule has 1 atom stereocenters. The van der Waals surface area contributed by atoms with Crippen molar-refractivity contribution in [2.45, 2.75) is 26.4 Å². The molecule has 0 saturated carbocycles. The molecule has 3 nitrogen and oxygen atoms in total. The number of nitrogens with one attached hydrogen (secondary N) is 1. The molecule has 19 heavy (non-hydrogen) atoms. The lowest BCUT2D eigenvalue weighted by Gasteiger charge is -2.21. The van der Waals surface area contributed by atoms with Crippen molar-refractivity contribution in [3.05, 3.63) is 50.2 Å². The minimum atomic E-state index is 0.103. The lowest BCUT2D eigenvalue weighted by Crippen LogP contribution is -2.22. The van der Waals surface area contributed by atoms with Gasteiger partial charge in [-0.1, -0.05) is 34.1 Å². The molecule has 0 aliphatic heterocycles. The second-order valence-electron chi connectivity index (χ2n) is 4.39. The maximum absolute atomic E-state index is 4.40. The summed E-state index contributed by atoms with van der Waals surface area (Å²) in [5.74, 6) is 0. The van der Waals surface area contributed by atoms with E-state index in [1.165, 1.54) is 11.1 Å². The molecule has 1 heterocycles. The van der Waals surface area contributed by atoms with Gasteiger partial charge in [0.05, 0.1) is 22.4 Å². The molecular formula is C14H17Br2N3. The van der Waals surface area contributed by atoms with Crippen molar-refractivity contribution in [3.8, 4) is 0 Å². The Morgan fingerprint density at radius 3 is 2.74 bits per heavy atom. The van der Waals surface area contributed by atoms with Gasteiger partial charge in [0, 0.05) is 11.0 Å². The van der Waals surface area contributed by atoms with Crippen LogP contribution in [0.25, 0.3) is 0 Å². The van der Waals surface area contributed by atoms with Gasteiger partial charge < -0.3 is 5.32 Å². The van der Waals surface area contributed by atoms with Gasteiger partial charge in [-0.3, -0.25) is 4.68 Å². The third kappa shape index (κ3) is 2.78. The van der Waals surface area contributed by atoms with Crippen LogP contribution < -0.4 is 5.32 Å². The molecule has 2 rings (SSSR count). The topological polar surface area (TPSA) is 29.9 Å². The minimum absolute atomic E-state index is 0.103. The van der Waals surface area contributed by atoms with Gasteiger partial charge in [-0.05, 0) is 48.0 Å². The Bertz CT molecular complexity index is 578. The van der Waals surface area contributed by atoms with Crippen molar-refractivity contribution in [1.29, 1.82) is 0 Å². The molecule has 0 radical (unpaired) electrons. The SMILES string of the molecule is CCn1ncc(Br)c1C(NC)c1cccc(C)c1Br. The van der Waals surface area contributed by atoms with Crippen LogP contribution in [-0.2, 0) is 6.54 Å². The smallest absolute Gasteiger partial charge is 0.0768 e. The Morgan fingerprint density at radius 1 is 1.37 bits per heavy atom. The Kier molecular flexibility index (Phi) is 4.81. The number of hydrogen-bond donors (Lipinski definition) is 1. The molecule has 0 spiro atoms. The molecule has 0 fully saturated rings. The molecule has 0 amide bonds. The van der Waals surface area contributed by atoms with Crippen LogP contribution in [0.2, 0.25) is 0 Å². The summed E-state index contributed by atoms with van der Waals surface area (Å²) >= 11 is 7.29. The zero-order valence-electron chi connectivity index (χ0n) is 11.2. The Balaban J connectivity index is 2.56.